The van der Waals surface area contributed by atoms with E-state index in [9.17, 15) is 9.59 Å². The Morgan fingerprint density at radius 1 is 0.949 bits per heavy atom. The van der Waals surface area contributed by atoms with Crippen LogP contribution in [0.15, 0.2) is 87.0 Å². The van der Waals surface area contributed by atoms with Crippen molar-refractivity contribution >= 4 is 17.0 Å². The largest absolute Gasteiger partial charge is 0.439 e. The van der Waals surface area contributed by atoms with Crippen LogP contribution in [0.5, 0.6) is 0 Å². The number of nitrogens with zero attached hydrogens (tertiary/aromatic N) is 4. The fourth-order valence-corrected chi connectivity index (χ4v) is 4.62. The molecule has 0 atom stereocenters. The van der Waals surface area contributed by atoms with E-state index in [4.69, 9.17) is 9.51 Å². The molecule has 5 rings (SSSR count). The molecule has 3 heterocycles. The zero-order chi connectivity index (χ0) is 26.5. The van der Waals surface area contributed by atoms with Gasteiger partial charge in [0.1, 0.15) is 5.82 Å². The van der Waals surface area contributed by atoms with Crippen LogP contribution in [0.4, 0.5) is 0 Å². The Morgan fingerprint density at radius 3 is 2.36 bits per heavy atom. The number of rotatable bonds is 9. The van der Waals surface area contributed by atoms with Crippen LogP contribution in [0.3, 0.4) is 0 Å². The molecule has 200 valence electrons. The summed E-state index contributed by atoms with van der Waals surface area (Å²) < 4.78 is 6.42. The molecule has 0 aliphatic rings. The summed E-state index contributed by atoms with van der Waals surface area (Å²) in [5.41, 5.74) is 6.08. The van der Waals surface area contributed by atoms with E-state index in [0.29, 0.717) is 24.6 Å². The van der Waals surface area contributed by atoms with E-state index in [1.807, 2.05) is 73.7 Å². The third-order valence-corrected chi connectivity index (χ3v) is 6.62. The number of pyridine rings is 1. The lowest BCUT2D eigenvalue weighted by molar-refractivity contribution is 0.388. The number of hydrogen-bond donors (Lipinski definition) is 1. The van der Waals surface area contributed by atoms with E-state index in [1.165, 1.54) is 0 Å². The summed E-state index contributed by atoms with van der Waals surface area (Å²) in [6.07, 6.45) is 5.00. The summed E-state index contributed by atoms with van der Waals surface area (Å²) in [6.45, 7) is 4.41. The first-order chi connectivity index (χ1) is 18.5. The molecule has 0 unspecified atom stereocenters. The summed E-state index contributed by atoms with van der Waals surface area (Å²) >= 11 is 0. The molecule has 3 aromatic heterocycles. The molecule has 8 nitrogen and oxygen atoms in total. The van der Waals surface area contributed by atoms with Crippen LogP contribution in [-0.2, 0) is 19.4 Å². The van der Waals surface area contributed by atoms with Crippen LogP contribution in [0.1, 0.15) is 48.1 Å². The number of aromatic nitrogens is 5. The molecule has 0 radical (unpaired) electrons. The molecular weight excluding hydrogens is 558 g/mol. The Balaban J connectivity index is 0.00000353. The van der Waals surface area contributed by atoms with Gasteiger partial charge in [-0.15, -0.1) is 17.0 Å². The molecule has 1 N–H and O–H groups in total. The van der Waals surface area contributed by atoms with Crippen LogP contribution >= 0.6 is 17.0 Å². The van der Waals surface area contributed by atoms with Gasteiger partial charge in [-0.25, -0.2) is 9.78 Å². The Hall–Kier alpha value is -4.11. The standard InChI is InChI=1S/C30H29N5O3.BrH/c1-3-4-12-27-26(29(36)35(20(2)32-27)19-23-9-7-8-17-31-23)18-21-13-15-22(16-14-21)24-10-5-6-11-25(24)28-33-30(37)38-34-28;/h5-11,13-17H,3-4,12,18-19H2,1-2H3,(H,33,34,37);1H. The van der Waals surface area contributed by atoms with Crippen molar-refractivity contribution < 1.29 is 4.52 Å². The average Bonchev–Trinajstić information content (AvgIpc) is 3.38. The van der Waals surface area contributed by atoms with Crippen LogP contribution in [0.25, 0.3) is 22.5 Å². The van der Waals surface area contributed by atoms with E-state index < -0.39 is 5.76 Å². The Morgan fingerprint density at radius 2 is 1.69 bits per heavy atom. The molecule has 5 aromatic rings. The first-order valence-corrected chi connectivity index (χ1v) is 12.8. The topological polar surface area (TPSA) is 107 Å². The van der Waals surface area contributed by atoms with Gasteiger partial charge in [0.05, 0.1) is 17.9 Å². The second-order valence-electron chi connectivity index (χ2n) is 9.26. The van der Waals surface area contributed by atoms with Gasteiger partial charge in [0.15, 0.2) is 5.82 Å². The number of unbranched alkanes of at least 4 members (excludes halogenated alkanes) is 1. The monoisotopic (exact) mass is 587 g/mol. The molecule has 0 saturated carbocycles. The van der Waals surface area contributed by atoms with E-state index >= 15 is 0 Å². The molecule has 0 amide bonds. The highest BCUT2D eigenvalue weighted by atomic mass is 79.9. The van der Waals surface area contributed by atoms with Gasteiger partial charge < -0.3 is 0 Å². The number of aryl methyl sites for hydroxylation is 2. The van der Waals surface area contributed by atoms with Crippen molar-refractivity contribution in [3.05, 3.63) is 122 Å². The maximum Gasteiger partial charge on any atom is 0.439 e. The zero-order valence-electron chi connectivity index (χ0n) is 21.9. The van der Waals surface area contributed by atoms with Crippen LogP contribution in [0, 0.1) is 6.92 Å². The van der Waals surface area contributed by atoms with Gasteiger partial charge in [0, 0.05) is 23.7 Å². The number of halogens is 1. The highest BCUT2D eigenvalue weighted by Gasteiger charge is 2.16. The number of hydrogen-bond acceptors (Lipinski definition) is 6. The van der Waals surface area contributed by atoms with Gasteiger partial charge in [0.2, 0.25) is 0 Å². The van der Waals surface area contributed by atoms with E-state index in [0.717, 1.165) is 58.5 Å². The van der Waals surface area contributed by atoms with Crippen LogP contribution in [-0.4, -0.2) is 24.7 Å². The normalized spacial score (nSPS) is 10.8. The Bertz CT molecular complexity index is 1660. The smallest absolute Gasteiger partial charge is 0.296 e. The lowest BCUT2D eigenvalue weighted by Crippen LogP contribution is -2.30. The molecule has 0 bridgehead atoms. The minimum Gasteiger partial charge on any atom is -0.296 e. The first-order valence-electron chi connectivity index (χ1n) is 12.8. The van der Waals surface area contributed by atoms with Gasteiger partial charge in [-0.05, 0) is 48.6 Å². The lowest BCUT2D eigenvalue weighted by Gasteiger charge is -2.15. The van der Waals surface area contributed by atoms with Crippen LogP contribution < -0.4 is 11.3 Å². The van der Waals surface area contributed by atoms with E-state index in [1.54, 1.807) is 10.8 Å². The fraction of sp³-hybridized carbons (Fsp3) is 0.233. The van der Waals surface area contributed by atoms with Crippen molar-refractivity contribution in [2.24, 2.45) is 0 Å². The summed E-state index contributed by atoms with van der Waals surface area (Å²) in [6, 6.07) is 21.5. The zero-order valence-corrected chi connectivity index (χ0v) is 23.6. The van der Waals surface area contributed by atoms with Gasteiger partial charge in [-0.1, -0.05) is 73.1 Å². The lowest BCUT2D eigenvalue weighted by atomic mass is 9.96. The summed E-state index contributed by atoms with van der Waals surface area (Å²) in [5, 5.41) is 3.84. The highest BCUT2D eigenvalue weighted by Crippen LogP contribution is 2.30. The molecule has 9 heteroatoms. The third-order valence-electron chi connectivity index (χ3n) is 6.62. The molecule has 0 spiro atoms. The van der Waals surface area contributed by atoms with Crippen molar-refractivity contribution in [2.45, 2.75) is 46.1 Å². The predicted octanol–water partition coefficient (Wildman–Crippen LogP) is 5.52. The molecule has 0 fully saturated rings. The Kier molecular flexibility index (Phi) is 9.03. The second kappa shape index (κ2) is 12.6. The number of aromatic amines is 1. The van der Waals surface area contributed by atoms with Gasteiger partial charge in [0.25, 0.3) is 5.56 Å². The predicted molar refractivity (Wildman–Crippen MR) is 156 cm³/mol. The van der Waals surface area contributed by atoms with E-state index in [2.05, 4.69) is 22.0 Å². The summed E-state index contributed by atoms with van der Waals surface area (Å²) in [7, 11) is 0. The SMILES string of the molecule is Br.CCCCc1nc(C)n(Cc2ccccn2)c(=O)c1Cc1ccc(-c2ccccc2-c2noc(=O)[nH]2)cc1. The molecule has 0 saturated heterocycles. The maximum atomic E-state index is 13.7. The van der Waals surface area contributed by atoms with Gasteiger partial charge >= 0.3 is 5.76 Å². The number of H-pyrrole nitrogens is 1. The van der Waals surface area contributed by atoms with E-state index in [-0.39, 0.29) is 22.5 Å². The van der Waals surface area contributed by atoms with Crippen molar-refractivity contribution in [1.82, 2.24) is 24.7 Å². The summed E-state index contributed by atoms with van der Waals surface area (Å²) in [5.74, 6) is 0.493. The molecule has 2 aromatic carbocycles. The third kappa shape index (κ3) is 6.31. The van der Waals surface area contributed by atoms with Gasteiger partial charge in [-0.2, -0.15) is 0 Å². The van der Waals surface area contributed by atoms with Crippen molar-refractivity contribution in [2.75, 3.05) is 0 Å². The number of benzene rings is 2. The summed E-state index contributed by atoms with van der Waals surface area (Å²) in [4.78, 5) is 37.1. The molecule has 0 aliphatic heterocycles. The van der Waals surface area contributed by atoms with Crippen molar-refractivity contribution in [3.8, 4) is 22.5 Å². The van der Waals surface area contributed by atoms with Crippen LogP contribution in [0.2, 0.25) is 0 Å². The maximum absolute atomic E-state index is 13.7. The quantitative estimate of drug-likeness (QED) is 0.243. The molecule has 0 aliphatic carbocycles. The minimum absolute atomic E-state index is 0. The second-order valence-corrected chi connectivity index (χ2v) is 9.26. The van der Waals surface area contributed by atoms with Crippen molar-refractivity contribution in [3.63, 3.8) is 0 Å². The Labute approximate surface area is 236 Å². The van der Waals surface area contributed by atoms with Crippen molar-refractivity contribution in [1.29, 1.82) is 0 Å². The number of nitrogens with one attached hydrogen (secondary N) is 1. The van der Waals surface area contributed by atoms with Gasteiger partial charge in [-0.3, -0.25) is 23.9 Å². The minimum atomic E-state index is -0.593. The molecular formula is C30H30BrN5O3. The molecule has 39 heavy (non-hydrogen) atoms. The fourth-order valence-electron chi connectivity index (χ4n) is 4.62. The average molecular weight is 589 g/mol. The first kappa shape index (κ1) is 27.9. The highest BCUT2D eigenvalue weighted by molar-refractivity contribution is 8.93.